The number of thiophene rings is 1. The van der Waals surface area contributed by atoms with Crippen molar-refractivity contribution in [2.24, 2.45) is 0 Å². The minimum absolute atomic E-state index is 0.0915. The summed E-state index contributed by atoms with van der Waals surface area (Å²) in [5.74, 6) is 0.0915. The molecule has 0 fully saturated rings. The van der Waals surface area contributed by atoms with Gasteiger partial charge >= 0.3 is 0 Å². The molecule has 0 radical (unpaired) electrons. The van der Waals surface area contributed by atoms with E-state index in [1.807, 2.05) is 38.1 Å². The third-order valence-electron chi connectivity index (χ3n) is 2.51. The average molecular weight is 374 g/mol. The molecule has 0 saturated heterocycles. The summed E-state index contributed by atoms with van der Waals surface area (Å²) in [6.07, 6.45) is 0. The monoisotopic (exact) mass is 372 g/mol. The molecule has 0 amide bonds. The molecule has 4 heteroatoms. The molecule has 2 rings (SSSR count). The number of carbonyl (C=O) groups excluding carboxylic acids is 1. The van der Waals surface area contributed by atoms with Crippen LogP contribution >= 0.6 is 43.2 Å². The van der Waals surface area contributed by atoms with Crippen molar-refractivity contribution in [3.63, 3.8) is 0 Å². The van der Waals surface area contributed by atoms with E-state index >= 15 is 0 Å². The highest BCUT2D eigenvalue weighted by atomic mass is 79.9. The topological polar surface area (TPSA) is 17.1 Å². The van der Waals surface area contributed by atoms with E-state index in [2.05, 4.69) is 31.9 Å². The van der Waals surface area contributed by atoms with E-state index in [9.17, 15) is 4.79 Å². The van der Waals surface area contributed by atoms with E-state index in [1.165, 1.54) is 11.3 Å². The molecular weight excluding hydrogens is 364 g/mol. The molecule has 1 heterocycles. The largest absolute Gasteiger partial charge is 0.288 e. The molecule has 0 saturated carbocycles. The van der Waals surface area contributed by atoms with Gasteiger partial charge in [-0.05, 0) is 59.6 Å². The Bertz CT molecular complexity index is 568. The van der Waals surface area contributed by atoms with Crippen LogP contribution in [-0.4, -0.2) is 5.78 Å². The van der Waals surface area contributed by atoms with Gasteiger partial charge in [-0.15, -0.1) is 11.3 Å². The number of aryl methyl sites for hydroxylation is 2. The standard InChI is InChI=1S/C13H10Br2OS/c1-7-5-9(14)3-4-10(7)13(16)12-6-11(15)8(2)17-12/h3-6H,1-2H3. The van der Waals surface area contributed by atoms with Gasteiger partial charge in [-0.2, -0.15) is 0 Å². The zero-order chi connectivity index (χ0) is 12.6. The Morgan fingerprint density at radius 2 is 1.88 bits per heavy atom. The van der Waals surface area contributed by atoms with Crippen molar-refractivity contribution in [1.29, 1.82) is 0 Å². The van der Waals surface area contributed by atoms with Gasteiger partial charge in [0.15, 0.2) is 0 Å². The molecule has 0 unspecified atom stereocenters. The molecule has 0 aliphatic rings. The van der Waals surface area contributed by atoms with Crippen molar-refractivity contribution in [3.05, 3.63) is 54.1 Å². The Labute approximate surface area is 121 Å². The molecule has 0 atom stereocenters. The van der Waals surface area contributed by atoms with E-state index in [0.29, 0.717) is 0 Å². The van der Waals surface area contributed by atoms with Crippen molar-refractivity contribution < 1.29 is 4.79 Å². The molecule has 0 spiro atoms. The van der Waals surface area contributed by atoms with Crippen LogP contribution in [0.3, 0.4) is 0 Å². The highest BCUT2D eigenvalue weighted by Gasteiger charge is 2.15. The molecule has 1 aromatic carbocycles. The lowest BCUT2D eigenvalue weighted by molar-refractivity contribution is 0.104. The van der Waals surface area contributed by atoms with Crippen LogP contribution in [0, 0.1) is 13.8 Å². The molecule has 2 aromatic rings. The number of benzene rings is 1. The van der Waals surface area contributed by atoms with E-state index in [4.69, 9.17) is 0 Å². The maximum Gasteiger partial charge on any atom is 0.203 e. The van der Waals surface area contributed by atoms with Crippen molar-refractivity contribution in [2.75, 3.05) is 0 Å². The maximum atomic E-state index is 12.3. The van der Waals surface area contributed by atoms with Gasteiger partial charge < -0.3 is 0 Å². The van der Waals surface area contributed by atoms with Crippen molar-refractivity contribution in [2.45, 2.75) is 13.8 Å². The predicted molar refractivity (Wildman–Crippen MR) is 79.1 cm³/mol. The molecular formula is C13H10Br2OS. The summed E-state index contributed by atoms with van der Waals surface area (Å²) in [5.41, 5.74) is 1.76. The van der Waals surface area contributed by atoms with Gasteiger partial charge in [0.1, 0.15) is 0 Å². The lowest BCUT2D eigenvalue weighted by atomic mass is 10.0. The van der Waals surface area contributed by atoms with Crippen LogP contribution in [0.15, 0.2) is 33.2 Å². The molecule has 0 N–H and O–H groups in total. The molecule has 0 bridgehead atoms. The Morgan fingerprint density at radius 3 is 2.41 bits per heavy atom. The third kappa shape index (κ3) is 2.69. The highest BCUT2D eigenvalue weighted by molar-refractivity contribution is 9.10. The van der Waals surface area contributed by atoms with Crippen molar-refractivity contribution in [3.8, 4) is 0 Å². The van der Waals surface area contributed by atoms with Gasteiger partial charge in [0.25, 0.3) is 0 Å². The quantitative estimate of drug-likeness (QED) is 0.667. The van der Waals surface area contributed by atoms with Gasteiger partial charge in [0.05, 0.1) is 4.88 Å². The molecule has 1 aromatic heterocycles. The van der Waals surface area contributed by atoms with E-state index in [1.54, 1.807) is 0 Å². The number of carbonyl (C=O) groups is 1. The summed E-state index contributed by atoms with van der Waals surface area (Å²) in [7, 11) is 0. The van der Waals surface area contributed by atoms with E-state index in [-0.39, 0.29) is 5.78 Å². The molecule has 88 valence electrons. The molecule has 1 nitrogen and oxygen atoms in total. The van der Waals surface area contributed by atoms with Crippen LogP contribution in [0.4, 0.5) is 0 Å². The maximum absolute atomic E-state index is 12.3. The van der Waals surface area contributed by atoms with Gasteiger partial charge in [-0.25, -0.2) is 0 Å². The number of ketones is 1. The second-order valence-corrected chi connectivity index (χ2v) is 6.83. The minimum atomic E-state index is 0.0915. The van der Waals surface area contributed by atoms with Crippen LogP contribution in [-0.2, 0) is 0 Å². The van der Waals surface area contributed by atoms with Crippen LogP contribution in [0.2, 0.25) is 0 Å². The van der Waals surface area contributed by atoms with Crippen molar-refractivity contribution >= 4 is 49.0 Å². The van der Waals surface area contributed by atoms with Gasteiger partial charge in [-0.1, -0.05) is 15.9 Å². The molecule has 0 aliphatic carbocycles. The first kappa shape index (κ1) is 13.0. The predicted octanol–water partition coefficient (Wildman–Crippen LogP) is 5.12. The lowest BCUT2D eigenvalue weighted by Crippen LogP contribution is -2.01. The smallest absolute Gasteiger partial charge is 0.203 e. The number of rotatable bonds is 2. The van der Waals surface area contributed by atoms with Gasteiger partial charge in [-0.3, -0.25) is 4.79 Å². The summed E-state index contributed by atoms with van der Waals surface area (Å²) in [5, 5.41) is 0. The first-order valence-electron chi connectivity index (χ1n) is 5.06. The third-order valence-corrected chi connectivity index (χ3v) is 5.14. The van der Waals surface area contributed by atoms with Crippen LogP contribution < -0.4 is 0 Å². The SMILES string of the molecule is Cc1cc(Br)ccc1C(=O)c1cc(Br)c(C)s1. The first-order valence-corrected chi connectivity index (χ1v) is 7.46. The first-order chi connectivity index (χ1) is 7.99. The van der Waals surface area contributed by atoms with Gasteiger partial charge in [0.2, 0.25) is 5.78 Å². The summed E-state index contributed by atoms with van der Waals surface area (Å²) >= 11 is 8.36. The summed E-state index contributed by atoms with van der Waals surface area (Å²) in [6.45, 7) is 3.95. The lowest BCUT2D eigenvalue weighted by Gasteiger charge is -2.03. The van der Waals surface area contributed by atoms with E-state index < -0.39 is 0 Å². The average Bonchev–Trinajstić information content (AvgIpc) is 2.58. The van der Waals surface area contributed by atoms with Crippen LogP contribution in [0.25, 0.3) is 0 Å². The number of halogens is 2. The van der Waals surface area contributed by atoms with Crippen LogP contribution in [0.1, 0.15) is 25.7 Å². The summed E-state index contributed by atoms with van der Waals surface area (Å²) in [6, 6.07) is 7.62. The molecule has 17 heavy (non-hydrogen) atoms. The number of hydrogen-bond donors (Lipinski definition) is 0. The minimum Gasteiger partial charge on any atom is -0.288 e. The number of hydrogen-bond acceptors (Lipinski definition) is 2. The second kappa shape index (κ2) is 5.04. The van der Waals surface area contributed by atoms with Crippen LogP contribution in [0.5, 0.6) is 0 Å². The Morgan fingerprint density at radius 1 is 1.18 bits per heavy atom. The zero-order valence-corrected chi connectivity index (χ0v) is 13.4. The Hall–Kier alpha value is -0.450. The van der Waals surface area contributed by atoms with Crippen molar-refractivity contribution in [1.82, 2.24) is 0 Å². The Balaban J connectivity index is 2.43. The fourth-order valence-corrected chi connectivity index (χ4v) is 3.55. The fraction of sp³-hybridized carbons (Fsp3) is 0.154. The fourth-order valence-electron chi connectivity index (χ4n) is 1.59. The summed E-state index contributed by atoms with van der Waals surface area (Å²) in [4.78, 5) is 14.2. The highest BCUT2D eigenvalue weighted by Crippen LogP contribution is 2.29. The van der Waals surface area contributed by atoms with E-state index in [0.717, 1.165) is 29.8 Å². The summed E-state index contributed by atoms with van der Waals surface area (Å²) < 4.78 is 2.00. The second-order valence-electron chi connectivity index (χ2n) is 3.80. The zero-order valence-electron chi connectivity index (χ0n) is 9.38. The molecule has 0 aliphatic heterocycles. The Kier molecular flexibility index (Phi) is 3.85. The van der Waals surface area contributed by atoms with Gasteiger partial charge in [0, 0.05) is 19.4 Å². The normalized spacial score (nSPS) is 10.6.